The van der Waals surface area contributed by atoms with Gasteiger partial charge in [-0.25, -0.2) is 4.21 Å². The molecule has 0 aromatic rings. The molecule has 0 aromatic heterocycles. The summed E-state index contributed by atoms with van der Waals surface area (Å²) >= 11 is 0. The molecule has 12 heavy (non-hydrogen) atoms. The van der Waals surface area contributed by atoms with Gasteiger partial charge in [0.1, 0.15) is 11.0 Å². The van der Waals surface area contributed by atoms with E-state index in [1.54, 1.807) is 0 Å². The van der Waals surface area contributed by atoms with Crippen LogP contribution in [0.2, 0.25) is 0 Å². The predicted molar refractivity (Wildman–Crippen MR) is 53.7 cm³/mol. The van der Waals surface area contributed by atoms with Crippen molar-refractivity contribution in [2.75, 3.05) is 0 Å². The Bertz CT molecular complexity index is 201. The third-order valence-corrected chi connectivity index (χ3v) is 3.40. The van der Waals surface area contributed by atoms with E-state index in [2.05, 4.69) is 4.40 Å². The monoisotopic (exact) mass is 187 g/mol. The molecule has 1 rings (SSSR count). The Kier molecular flexibility index (Phi) is 3.04. The van der Waals surface area contributed by atoms with Crippen molar-refractivity contribution >= 4 is 17.2 Å². The summed E-state index contributed by atoms with van der Waals surface area (Å²) in [5.74, 6) is 0.608. The molecule has 0 saturated heterocycles. The molecule has 0 aromatic carbocycles. The second-order valence-electron chi connectivity index (χ2n) is 4.31. The van der Waals surface area contributed by atoms with Gasteiger partial charge in [-0.1, -0.05) is 6.42 Å². The van der Waals surface area contributed by atoms with Crippen LogP contribution in [0.15, 0.2) is 4.40 Å². The van der Waals surface area contributed by atoms with Crippen molar-refractivity contribution in [3.63, 3.8) is 0 Å². The van der Waals surface area contributed by atoms with Crippen LogP contribution >= 0.6 is 0 Å². The van der Waals surface area contributed by atoms with Gasteiger partial charge in [-0.05, 0) is 39.5 Å². The highest BCUT2D eigenvalue weighted by molar-refractivity contribution is 7.85. The van der Waals surface area contributed by atoms with E-state index in [0.29, 0.717) is 5.92 Å². The van der Waals surface area contributed by atoms with Crippen molar-refractivity contribution in [1.29, 1.82) is 0 Å². The molecule has 0 spiro atoms. The smallest absolute Gasteiger partial charge is 0.144 e. The fourth-order valence-electron chi connectivity index (χ4n) is 0.888. The average molecular weight is 187 g/mol. The third-order valence-electron chi connectivity index (χ3n) is 2.04. The van der Waals surface area contributed by atoms with Crippen LogP contribution in [-0.2, 0) is 11.0 Å². The summed E-state index contributed by atoms with van der Waals surface area (Å²) in [6.07, 6.45) is 5.64. The molecule has 3 heteroatoms. The molecule has 0 N–H and O–H groups in total. The maximum Gasteiger partial charge on any atom is 0.144 e. The summed E-state index contributed by atoms with van der Waals surface area (Å²) < 4.78 is 15.3. The first-order valence-corrected chi connectivity index (χ1v) is 5.57. The lowest BCUT2D eigenvalue weighted by Gasteiger charge is -2.21. The Labute approximate surface area is 77.1 Å². The minimum absolute atomic E-state index is 0.208. The Morgan fingerprint density at radius 3 is 2.33 bits per heavy atom. The number of hydrogen-bond donors (Lipinski definition) is 0. The van der Waals surface area contributed by atoms with Gasteiger partial charge in [-0.3, -0.25) is 0 Å². The molecule has 0 radical (unpaired) electrons. The minimum atomic E-state index is -1.06. The Morgan fingerprint density at radius 2 is 2.00 bits per heavy atom. The highest BCUT2D eigenvalue weighted by Crippen LogP contribution is 2.24. The van der Waals surface area contributed by atoms with E-state index in [1.165, 1.54) is 19.3 Å². The van der Waals surface area contributed by atoms with Crippen LogP contribution in [0.25, 0.3) is 0 Å². The molecular weight excluding hydrogens is 170 g/mol. The lowest BCUT2D eigenvalue weighted by atomic mass is 9.87. The number of nitrogens with zero attached hydrogens (tertiary/aromatic N) is 1. The molecule has 0 unspecified atom stereocenters. The van der Waals surface area contributed by atoms with Gasteiger partial charge < -0.3 is 0 Å². The van der Waals surface area contributed by atoms with Crippen LogP contribution in [0.5, 0.6) is 0 Å². The zero-order valence-corrected chi connectivity index (χ0v) is 8.86. The van der Waals surface area contributed by atoms with E-state index in [0.717, 1.165) is 0 Å². The lowest BCUT2D eigenvalue weighted by Crippen LogP contribution is -2.21. The molecule has 1 atom stereocenters. The van der Waals surface area contributed by atoms with Crippen molar-refractivity contribution in [3.8, 4) is 0 Å². The highest BCUT2D eigenvalue weighted by Gasteiger charge is 2.20. The van der Waals surface area contributed by atoms with E-state index < -0.39 is 11.0 Å². The van der Waals surface area contributed by atoms with E-state index in [9.17, 15) is 4.21 Å². The molecule has 1 fully saturated rings. The summed E-state index contributed by atoms with van der Waals surface area (Å²) in [5.41, 5.74) is 0. The summed E-state index contributed by atoms with van der Waals surface area (Å²) in [4.78, 5) is 0. The maximum atomic E-state index is 11.4. The molecule has 0 aliphatic heterocycles. The summed E-state index contributed by atoms with van der Waals surface area (Å²) in [5, 5.41) is 0. The van der Waals surface area contributed by atoms with Crippen LogP contribution in [0.3, 0.4) is 0 Å². The number of rotatable bonds is 2. The molecule has 70 valence electrons. The normalized spacial score (nSPS) is 22.6. The van der Waals surface area contributed by atoms with E-state index in [-0.39, 0.29) is 4.75 Å². The van der Waals surface area contributed by atoms with Crippen molar-refractivity contribution in [2.24, 2.45) is 10.3 Å². The Balaban J connectivity index is 2.39. The van der Waals surface area contributed by atoms with Crippen LogP contribution in [0.4, 0.5) is 0 Å². The Hall–Kier alpha value is -0.180. The second kappa shape index (κ2) is 3.69. The molecule has 1 saturated carbocycles. The van der Waals surface area contributed by atoms with Gasteiger partial charge in [-0.15, -0.1) is 0 Å². The first-order chi connectivity index (χ1) is 5.50. The Morgan fingerprint density at radius 1 is 1.42 bits per heavy atom. The third kappa shape index (κ3) is 2.70. The molecule has 0 bridgehead atoms. The second-order valence-corrected chi connectivity index (χ2v) is 6.24. The van der Waals surface area contributed by atoms with Crippen LogP contribution in [0.1, 0.15) is 40.0 Å². The van der Waals surface area contributed by atoms with Gasteiger partial charge >= 0.3 is 0 Å². The zero-order valence-electron chi connectivity index (χ0n) is 8.04. The molecule has 0 heterocycles. The van der Waals surface area contributed by atoms with Crippen molar-refractivity contribution in [2.45, 2.75) is 44.8 Å². The highest BCUT2D eigenvalue weighted by atomic mass is 32.2. The lowest BCUT2D eigenvalue weighted by molar-refractivity contribution is 0.421. The molecule has 0 amide bonds. The minimum Gasteiger partial charge on any atom is -0.234 e. The fraction of sp³-hybridized carbons (Fsp3) is 0.889. The molecule has 1 aliphatic rings. The van der Waals surface area contributed by atoms with E-state index in [1.807, 2.05) is 27.0 Å². The van der Waals surface area contributed by atoms with Gasteiger partial charge in [0, 0.05) is 6.21 Å². The summed E-state index contributed by atoms with van der Waals surface area (Å²) in [6, 6.07) is 0. The average Bonchev–Trinajstić information content (AvgIpc) is 1.81. The molecule has 1 aliphatic carbocycles. The first-order valence-electron chi connectivity index (χ1n) is 4.46. The van der Waals surface area contributed by atoms with Crippen molar-refractivity contribution in [3.05, 3.63) is 0 Å². The largest absolute Gasteiger partial charge is 0.234 e. The zero-order chi connectivity index (χ0) is 9.19. The quantitative estimate of drug-likeness (QED) is 0.610. The van der Waals surface area contributed by atoms with Crippen LogP contribution in [-0.4, -0.2) is 15.2 Å². The van der Waals surface area contributed by atoms with E-state index in [4.69, 9.17) is 0 Å². The molecule has 2 nitrogen and oxygen atoms in total. The predicted octanol–water partition coefficient (Wildman–Crippen LogP) is 2.32. The van der Waals surface area contributed by atoms with Crippen LogP contribution < -0.4 is 0 Å². The number of hydrogen-bond acceptors (Lipinski definition) is 1. The topological polar surface area (TPSA) is 29.4 Å². The fourth-order valence-corrected chi connectivity index (χ4v) is 1.49. The van der Waals surface area contributed by atoms with Gasteiger partial charge in [0.25, 0.3) is 0 Å². The van der Waals surface area contributed by atoms with Gasteiger partial charge in [0.05, 0.1) is 4.75 Å². The first kappa shape index (κ1) is 9.90. The van der Waals surface area contributed by atoms with Crippen molar-refractivity contribution in [1.82, 2.24) is 0 Å². The summed E-state index contributed by atoms with van der Waals surface area (Å²) in [6.45, 7) is 5.84. The van der Waals surface area contributed by atoms with Gasteiger partial charge in [0.2, 0.25) is 0 Å². The van der Waals surface area contributed by atoms with Crippen molar-refractivity contribution < 1.29 is 4.21 Å². The van der Waals surface area contributed by atoms with Crippen LogP contribution in [0, 0.1) is 5.92 Å². The van der Waals surface area contributed by atoms with Gasteiger partial charge in [0.15, 0.2) is 0 Å². The van der Waals surface area contributed by atoms with E-state index >= 15 is 0 Å². The summed E-state index contributed by atoms with van der Waals surface area (Å²) in [7, 11) is -1.06. The van der Waals surface area contributed by atoms with Gasteiger partial charge in [-0.2, -0.15) is 4.40 Å². The standard InChI is InChI=1S/C9H17NOS/c1-9(2,3)12(11)10-7-8-5-4-6-8/h7-8H,4-6H2,1-3H3/t12-/m0/s1. The maximum absolute atomic E-state index is 11.4. The SMILES string of the molecule is CC(C)(C)[S@](=O)N=CC1CCC1. The molecular formula is C9H17NOS.